The molecule has 0 aliphatic rings. The minimum Gasteiger partial charge on any atom is -0.309 e. The second-order valence-corrected chi connectivity index (χ2v) is 8.73. The van der Waals surface area contributed by atoms with Gasteiger partial charge in [-0.05, 0) is 53.6 Å². The minimum absolute atomic E-state index is 0.291. The van der Waals surface area contributed by atoms with Gasteiger partial charge in [0, 0.05) is 33.7 Å². The molecular formula is C29H21BrN4O. The fourth-order valence-electron chi connectivity index (χ4n) is 3.93. The molecule has 0 radical (unpaired) electrons. The van der Waals surface area contributed by atoms with Crippen LogP contribution in [0.3, 0.4) is 0 Å². The molecule has 0 aliphatic carbocycles. The topological polar surface area (TPSA) is 59.3 Å². The quantitative estimate of drug-likeness (QED) is 0.199. The van der Waals surface area contributed by atoms with E-state index < -0.39 is 0 Å². The van der Waals surface area contributed by atoms with E-state index in [9.17, 15) is 4.79 Å². The van der Waals surface area contributed by atoms with Crippen LogP contribution >= 0.6 is 15.9 Å². The summed E-state index contributed by atoms with van der Waals surface area (Å²) in [5.74, 6) is -0.291. The van der Waals surface area contributed by atoms with Gasteiger partial charge in [-0.2, -0.15) is 5.10 Å². The molecule has 0 atom stereocenters. The number of hydrazone groups is 1. The average Bonchev–Trinajstić information content (AvgIpc) is 3.30. The summed E-state index contributed by atoms with van der Waals surface area (Å²) < 4.78 is 3.24. The molecule has 0 aliphatic heterocycles. The van der Waals surface area contributed by atoms with E-state index in [1.54, 1.807) is 30.7 Å². The number of benzene rings is 3. The molecule has 6 heteroatoms. The van der Waals surface area contributed by atoms with Crippen LogP contribution in [0.4, 0.5) is 0 Å². The molecule has 0 unspecified atom stereocenters. The van der Waals surface area contributed by atoms with Crippen molar-refractivity contribution >= 4 is 28.1 Å². The number of nitrogens with zero attached hydrogens (tertiary/aromatic N) is 3. The Morgan fingerprint density at radius 3 is 2.11 bits per heavy atom. The van der Waals surface area contributed by atoms with Crippen LogP contribution in [0, 0.1) is 0 Å². The van der Waals surface area contributed by atoms with Gasteiger partial charge in [0.25, 0.3) is 5.91 Å². The SMILES string of the molecule is O=C(N/N=C\c1cc(-c2ccccc2)n(-c2ccc(Br)cc2)c1-c1ccccc1)c1ccncc1. The Morgan fingerprint density at radius 2 is 1.46 bits per heavy atom. The number of hydrogen-bond donors (Lipinski definition) is 1. The normalized spacial score (nSPS) is 11.0. The highest BCUT2D eigenvalue weighted by atomic mass is 79.9. The van der Waals surface area contributed by atoms with Crippen molar-refractivity contribution in [3.05, 3.63) is 131 Å². The predicted octanol–water partition coefficient (Wildman–Crippen LogP) is 6.73. The lowest BCUT2D eigenvalue weighted by molar-refractivity contribution is 0.0955. The van der Waals surface area contributed by atoms with Crippen LogP contribution < -0.4 is 5.43 Å². The molecule has 0 spiro atoms. The number of nitrogens with one attached hydrogen (secondary N) is 1. The molecular weight excluding hydrogens is 500 g/mol. The number of pyridine rings is 1. The van der Waals surface area contributed by atoms with E-state index in [0.29, 0.717) is 5.56 Å². The number of amides is 1. The first-order valence-electron chi connectivity index (χ1n) is 11.1. The molecule has 35 heavy (non-hydrogen) atoms. The van der Waals surface area contributed by atoms with Gasteiger partial charge in [-0.1, -0.05) is 76.6 Å². The van der Waals surface area contributed by atoms with Crippen LogP contribution in [0.2, 0.25) is 0 Å². The maximum atomic E-state index is 12.5. The maximum absolute atomic E-state index is 12.5. The van der Waals surface area contributed by atoms with Gasteiger partial charge in [-0.15, -0.1) is 0 Å². The van der Waals surface area contributed by atoms with Crippen molar-refractivity contribution in [2.75, 3.05) is 0 Å². The van der Waals surface area contributed by atoms with Gasteiger partial charge >= 0.3 is 0 Å². The number of rotatable bonds is 6. The van der Waals surface area contributed by atoms with Gasteiger partial charge in [-0.25, -0.2) is 5.43 Å². The zero-order valence-electron chi connectivity index (χ0n) is 18.7. The number of aromatic nitrogens is 2. The van der Waals surface area contributed by atoms with Gasteiger partial charge < -0.3 is 4.57 Å². The summed E-state index contributed by atoms with van der Waals surface area (Å²) >= 11 is 3.54. The van der Waals surface area contributed by atoms with Crippen LogP contribution in [0.5, 0.6) is 0 Å². The average molecular weight is 521 g/mol. The van der Waals surface area contributed by atoms with Gasteiger partial charge in [0.05, 0.1) is 17.6 Å². The first-order valence-corrected chi connectivity index (χ1v) is 11.9. The molecule has 3 aromatic carbocycles. The van der Waals surface area contributed by atoms with Crippen LogP contribution in [0.25, 0.3) is 28.2 Å². The van der Waals surface area contributed by atoms with Crippen molar-refractivity contribution in [3.8, 4) is 28.2 Å². The Hall–Kier alpha value is -4.29. The van der Waals surface area contributed by atoms with Gasteiger partial charge in [0.2, 0.25) is 0 Å². The Labute approximate surface area is 211 Å². The molecule has 0 saturated carbocycles. The van der Waals surface area contributed by atoms with E-state index in [4.69, 9.17) is 0 Å². The van der Waals surface area contributed by atoms with Crippen molar-refractivity contribution < 1.29 is 4.79 Å². The third kappa shape index (κ3) is 4.98. The van der Waals surface area contributed by atoms with Crippen LogP contribution in [-0.4, -0.2) is 21.7 Å². The summed E-state index contributed by atoms with van der Waals surface area (Å²) in [6, 6.07) is 34.0. The monoisotopic (exact) mass is 520 g/mol. The van der Waals surface area contributed by atoms with Crippen molar-refractivity contribution in [3.63, 3.8) is 0 Å². The lowest BCUT2D eigenvalue weighted by atomic mass is 10.1. The summed E-state index contributed by atoms with van der Waals surface area (Å²) in [5.41, 5.74) is 9.15. The highest BCUT2D eigenvalue weighted by Gasteiger charge is 2.18. The van der Waals surface area contributed by atoms with E-state index in [-0.39, 0.29) is 5.91 Å². The summed E-state index contributed by atoms with van der Waals surface area (Å²) in [5, 5.41) is 4.29. The molecule has 2 heterocycles. The summed E-state index contributed by atoms with van der Waals surface area (Å²) in [4.78, 5) is 16.4. The molecule has 0 saturated heterocycles. The van der Waals surface area contributed by atoms with E-state index in [1.165, 1.54) is 0 Å². The predicted molar refractivity (Wildman–Crippen MR) is 144 cm³/mol. The highest BCUT2D eigenvalue weighted by molar-refractivity contribution is 9.10. The van der Waals surface area contributed by atoms with Gasteiger partial charge in [0.1, 0.15) is 0 Å². The fourth-order valence-corrected chi connectivity index (χ4v) is 4.19. The Kier molecular flexibility index (Phi) is 6.63. The molecule has 5 rings (SSSR count). The lowest BCUT2D eigenvalue weighted by Gasteiger charge is -2.15. The number of halogens is 1. The van der Waals surface area contributed by atoms with E-state index in [0.717, 1.165) is 38.2 Å². The molecule has 1 N–H and O–H groups in total. The zero-order valence-corrected chi connectivity index (χ0v) is 20.3. The van der Waals surface area contributed by atoms with E-state index in [2.05, 4.69) is 78.5 Å². The summed E-state index contributed by atoms with van der Waals surface area (Å²) in [7, 11) is 0. The minimum atomic E-state index is -0.291. The number of carbonyl (C=O) groups excluding carboxylic acids is 1. The van der Waals surface area contributed by atoms with Crippen molar-refractivity contribution in [2.45, 2.75) is 0 Å². The zero-order chi connectivity index (χ0) is 24.0. The van der Waals surface area contributed by atoms with Crippen LogP contribution in [-0.2, 0) is 0 Å². The Balaban J connectivity index is 1.65. The van der Waals surface area contributed by atoms with Gasteiger partial charge in [-0.3, -0.25) is 9.78 Å². The van der Waals surface area contributed by atoms with Crippen molar-refractivity contribution in [1.82, 2.24) is 15.0 Å². The molecule has 5 aromatic rings. The third-order valence-corrected chi connectivity index (χ3v) is 6.07. The number of hydrogen-bond acceptors (Lipinski definition) is 3. The highest BCUT2D eigenvalue weighted by Crippen LogP contribution is 2.35. The Morgan fingerprint density at radius 1 is 0.829 bits per heavy atom. The summed E-state index contributed by atoms with van der Waals surface area (Å²) in [6.07, 6.45) is 4.86. The molecule has 170 valence electrons. The van der Waals surface area contributed by atoms with Crippen LogP contribution in [0.1, 0.15) is 15.9 Å². The fraction of sp³-hybridized carbons (Fsp3) is 0. The maximum Gasteiger partial charge on any atom is 0.271 e. The van der Waals surface area contributed by atoms with Gasteiger partial charge in [0.15, 0.2) is 0 Å². The standard InChI is InChI=1S/C29H21BrN4O/c30-25-11-13-26(14-12-25)34-27(21-7-3-1-4-8-21)19-24(28(34)22-9-5-2-6-10-22)20-32-33-29(35)23-15-17-31-18-16-23/h1-20H,(H,33,35)/b32-20-. The largest absolute Gasteiger partial charge is 0.309 e. The molecule has 5 nitrogen and oxygen atoms in total. The molecule has 2 aromatic heterocycles. The van der Waals surface area contributed by atoms with E-state index in [1.807, 2.05) is 48.5 Å². The van der Waals surface area contributed by atoms with E-state index >= 15 is 0 Å². The van der Waals surface area contributed by atoms with Crippen molar-refractivity contribution in [2.24, 2.45) is 5.10 Å². The first kappa shape index (κ1) is 22.5. The molecule has 0 fully saturated rings. The second-order valence-electron chi connectivity index (χ2n) is 7.81. The molecule has 0 bridgehead atoms. The first-order chi connectivity index (χ1) is 17.2. The lowest BCUT2D eigenvalue weighted by Crippen LogP contribution is -2.17. The number of carbonyl (C=O) groups is 1. The smallest absolute Gasteiger partial charge is 0.271 e. The second kappa shape index (κ2) is 10.3. The summed E-state index contributed by atoms with van der Waals surface area (Å²) in [6.45, 7) is 0. The Bertz CT molecular complexity index is 1460. The van der Waals surface area contributed by atoms with Crippen molar-refractivity contribution in [1.29, 1.82) is 0 Å². The molecule has 1 amide bonds. The van der Waals surface area contributed by atoms with Crippen LogP contribution in [0.15, 0.2) is 125 Å². The third-order valence-electron chi connectivity index (χ3n) is 5.54.